The number of esters is 1. The Kier molecular flexibility index (Phi) is 4.94. The fourth-order valence-corrected chi connectivity index (χ4v) is 2.22. The van der Waals surface area contributed by atoms with Gasteiger partial charge >= 0.3 is 5.97 Å². The van der Waals surface area contributed by atoms with Crippen molar-refractivity contribution in [2.24, 2.45) is 0 Å². The standard InChI is InChI=1S/C18H17N3O4/c1-20(12-16-4-2-11-24-16)17(22)13-25-18(23)14-5-7-15(8-6-14)21-10-3-9-19-21/h2-11H,12-13H2,1H3. The van der Waals surface area contributed by atoms with Crippen LogP contribution in [0.3, 0.4) is 0 Å². The van der Waals surface area contributed by atoms with Crippen LogP contribution >= 0.6 is 0 Å². The van der Waals surface area contributed by atoms with Gasteiger partial charge in [0.25, 0.3) is 5.91 Å². The lowest BCUT2D eigenvalue weighted by Gasteiger charge is -2.15. The van der Waals surface area contributed by atoms with Gasteiger partial charge in [-0.1, -0.05) is 0 Å². The van der Waals surface area contributed by atoms with Crippen LogP contribution in [-0.4, -0.2) is 40.2 Å². The maximum Gasteiger partial charge on any atom is 0.338 e. The molecule has 0 N–H and O–H groups in total. The van der Waals surface area contributed by atoms with Crippen LogP contribution < -0.4 is 0 Å². The van der Waals surface area contributed by atoms with Gasteiger partial charge in [0, 0.05) is 19.4 Å². The molecule has 7 heteroatoms. The van der Waals surface area contributed by atoms with Crippen molar-refractivity contribution in [1.29, 1.82) is 0 Å². The second kappa shape index (κ2) is 7.48. The topological polar surface area (TPSA) is 77.6 Å². The maximum atomic E-state index is 12.1. The Labute approximate surface area is 144 Å². The molecule has 2 aromatic heterocycles. The first-order valence-corrected chi connectivity index (χ1v) is 7.67. The van der Waals surface area contributed by atoms with Crippen molar-refractivity contribution in [3.63, 3.8) is 0 Å². The highest BCUT2D eigenvalue weighted by Gasteiger charge is 2.14. The third-order valence-corrected chi connectivity index (χ3v) is 3.60. The Morgan fingerprint density at radius 3 is 2.64 bits per heavy atom. The molecule has 7 nitrogen and oxygen atoms in total. The molecule has 0 saturated heterocycles. The fourth-order valence-electron chi connectivity index (χ4n) is 2.22. The maximum absolute atomic E-state index is 12.1. The van der Waals surface area contributed by atoms with Crippen LogP contribution in [0.2, 0.25) is 0 Å². The summed E-state index contributed by atoms with van der Waals surface area (Å²) < 4.78 is 11.9. The van der Waals surface area contributed by atoms with Gasteiger partial charge in [0.1, 0.15) is 5.76 Å². The molecule has 0 aliphatic rings. The molecule has 0 atom stereocenters. The summed E-state index contributed by atoms with van der Waals surface area (Å²) in [5, 5.41) is 4.11. The molecular formula is C18H17N3O4. The molecule has 0 radical (unpaired) electrons. The summed E-state index contributed by atoms with van der Waals surface area (Å²) in [5.74, 6) is -0.193. The normalized spacial score (nSPS) is 10.4. The van der Waals surface area contributed by atoms with Crippen LogP contribution in [0.15, 0.2) is 65.5 Å². The molecule has 0 spiro atoms. The van der Waals surface area contributed by atoms with Gasteiger partial charge in [0.05, 0.1) is 24.1 Å². The number of carbonyl (C=O) groups excluding carboxylic acids is 2. The Bertz CT molecular complexity index is 824. The van der Waals surface area contributed by atoms with Gasteiger partial charge in [-0.3, -0.25) is 4.79 Å². The number of likely N-dealkylation sites (N-methyl/N-ethyl adjacent to an activating group) is 1. The summed E-state index contributed by atoms with van der Waals surface area (Å²) in [4.78, 5) is 25.5. The van der Waals surface area contributed by atoms with Crippen LogP contribution in [0.1, 0.15) is 16.1 Å². The van der Waals surface area contributed by atoms with E-state index >= 15 is 0 Å². The van der Waals surface area contributed by atoms with Crippen LogP contribution in [0.25, 0.3) is 5.69 Å². The van der Waals surface area contributed by atoms with E-state index in [1.807, 2.05) is 6.07 Å². The first-order valence-electron chi connectivity index (χ1n) is 7.67. The summed E-state index contributed by atoms with van der Waals surface area (Å²) in [6.45, 7) is -0.00109. The highest BCUT2D eigenvalue weighted by Crippen LogP contribution is 2.10. The number of ether oxygens (including phenoxy) is 1. The van der Waals surface area contributed by atoms with Crippen molar-refractivity contribution in [2.75, 3.05) is 13.7 Å². The molecule has 0 unspecified atom stereocenters. The number of nitrogens with zero attached hydrogens (tertiary/aromatic N) is 3. The molecule has 1 aromatic carbocycles. The number of rotatable bonds is 6. The molecule has 25 heavy (non-hydrogen) atoms. The summed E-state index contributed by atoms with van der Waals surface area (Å²) >= 11 is 0. The lowest BCUT2D eigenvalue weighted by Crippen LogP contribution is -2.30. The molecule has 3 rings (SSSR count). The van der Waals surface area contributed by atoms with Gasteiger partial charge in [-0.25, -0.2) is 9.48 Å². The Hall–Kier alpha value is -3.35. The van der Waals surface area contributed by atoms with Crippen molar-refractivity contribution in [3.8, 4) is 5.69 Å². The number of benzene rings is 1. The van der Waals surface area contributed by atoms with Gasteiger partial charge in [-0.05, 0) is 42.5 Å². The van der Waals surface area contributed by atoms with Crippen molar-refractivity contribution >= 4 is 11.9 Å². The van der Waals surface area contributed by atoms with E-state index in [2.05, 4.69) is 5.10 Å². The Balaban J connectivity index is 1.52. The van der Waals surface area contributed by atoms with E-state index < -0.39 is 5.97 Å². The van der Waals surface area contributed by atoms with E-state index in [9.17, 15) is 9.59 Å². The molecule has 0 saturated carbocycles. The molecule has 3 aromatic rings. The summed E-state index contributed by atoms with van der Waals surface area (Å²) in [5.41, 5.74) is 1.20. The zero-order chi connectivity index (χ0) is 17.6. The second-order valence-electron chi connectivity index (χ2n) is 5.40. The molecule has 0 bridgehead atoms. The van der Waals surface area contributed by atoms with Gasteiger partial charge in [0.15, 0.2) is 6.61 Å². The number of amides is 1. The van der Waals surface area contributed by atoms with Crippen LogP contribution in [0.5, 0.6) is 0 Å². The van der Waals surface area contributed by atoms with E-state index in [0.717, 1.165) is 5.69 Å². The van der Waals surface area contributed by atoms with Gasteiger partial charge in [0.2, 0.25) is 0 Å². The molecule has 1 amide bonds. The number of carbonyl (C=O) groups is 2. The molecule has 0 fully saturated rings. The average Bonchev–Trinajstić information content (AvgIpc) is 3.33. The third kappa shape index (κ3) is 4.14. The molecule has 2 heterocycles. The van der Waals surface area contributed by atoms with Crippen molar-refractivity contribution in [1.82, 2.24) is 14.7 Å². The predicted molar refractivity (Wildman–Crippen MR) is 89.0 cm³/mol. The Morgan fingerprint density at radius 1 is 1.20 bits per heavy atom. The van der Waals surface area contributed by atoms with E-state index in [1.165, 1.54) is 4.90 Å². The minimum Gasteiger partial charge on any atom is -0.467 e. The molecule has 128 valence electrons. The van der Waals surface area contributed by atoms with Crippen LogP contribution in [0, 0.1) is 0 Å². The molecule has 0 aliphatic carbocycles. The monoisotopic (exact) mass is 339 g/mol. The second-order valence-corrected chi connectivity index (χ2v) is 5.40. The molecule has 0 aliphatic heterocycles. The van der Waals surface area contributed by atoms with E-state index in [-0.39, 0.29) is 12.5 Å². The minimum absolute atomic E-state index is 0.307. The van der Waals surface area contributed by atoms with Crippen molar-refractivity contribution in [2.45, 2.75) is 6.54 Å². The van der Waals surface area contributed by atoms with Gasteiger partial charge in [-0.2, -0.15) is 5.10 Å². The van der Waals surface area contributed by atoms with Crippen LogP contribution in [0.4, 0.5) is 0 Å². The van der Waals surface area contributed by atoms with E-state index in [4.69, 9.17) is 9.15 Å². The SMILES string of the molecule is CN(Cc1ccco1)C(=O)COC(=O)c1ccc(-n2cccn2)cc1. The first kappa shape index (κ1) is 16.5. The quantitative estimate of drug-likeness (QED) is 0.644. The van der Waals surface area contributed by atoms with Crippen LogP contribution in [-0.2, 0) is 16.1 Å². The number of hydrogen-bond donors (Lipinski definition) is 0. The lowest BCUT2D eigenvalue weighted by atomic mass is 10.2. The highest BCUT2D eigenvalue weighted by molar-refractivity contribution is 5.91. The first-order chi connectivity index (χ1) is 12.1. The fraction of sp³-hybridized carbons (Fsp3) is 0.167. The molecular weight excluding hydrogens is 322 g/mol. The van der Waals surface area contributed by atoms with Crippen molar-refractivity contribution in [3.05, 3.63) is 72.4 Å². The number of furan rings is 1. The predicted octanol–water partition coefficient (Wildman–Crippen LogP) is 2.28. The van der Waals surface area contributed by atoms with Gasteiger partial charge < -0.3 is 14.1 Å². The largest absolute Gasteiger partial charge is 0.467 e. The summed E-state index contributed by atoms with van der Waals surface area (Å²) in [6.07, 6.45) is 5.02. The summed E-state index contributed by atoms with van der Waals surface area (Å²) in [6, 6.07) is 12.1. The van der Waals surface area contributed by atoms with Gasteiger partial charge in [-0.15, -0.1) is 0 Å². The number of aromatic nitrogens is 2. The number of hydrogen-bond acceptors (Lipinski definition) is 5. The zero-order valence-corrected chi connectivity index (χ0v) is 13.7. The average molecular weight is 339 g/mol. The zero-order valence-electron chi connectivity index (χ0n) is 13.7. The highest BCUT2D eigenvalue weighted by atomic mass is 16.5. The smallest absolute Gasteiger partial charge is 0.338 e. The van der Waals surface area contributed by atoms with E-state index in [0.29, 0.717) is 17.9 Å². The third-order valence-electron chi connectivity index (χ3n) is 3.60. The summed E-state index contributed by atoms with van der Waals surface area (Å²) in [7, 11) is 1.62. The van der Waals surface area contributed by atoms with E-state index in [1.54, 1.807) is 66.8 Å². The minimum atomic E-state index is -0.549. The van der Waals surface area contributed by atoms with Crippen molar-refractivity contribution < 1.29 is 18.7 Å². The Morgan fingerprint density at radius 2 is 2.00 bits per heavy atom. The lowest BCUT2D eigenvalue weighted by molar-refractivity contribution is -0.133.